The first kappa shape index (κ1) is 25.7. The topological polar surface area (TPSA) is 201 Å². The molecule has 208 valence electrons. The standard InChI is InChI=1S/C30H22O11/c31-14-4-1-12(2-5-14)30-26(28(39)24-19(35)8-15(32)9-23(24)41-30)25-20(36)11-22-16(27(25)38)10-21(37)29(40-22)13-3-6-17(33)18(34)7-13/h1-9,11,21,29,31-38H,10H2/t21-,29-/m0/s1. The highest BCUT2D eigenvalue weighted by Gasteiger charge is 2.35. The molecular weight excluding hydrogens is 536 g/mol. The van der Waals surface area contributed by atoms with Crippen LogP contribution in [0.25, 0.3) is 33.4 Å². The van der Waals surface area contributed by atoms with E-state index in [0.717, 1.165) is 18.2 Å². The highest BCUT2D eigenvalue weighted by Crippen LogP contribution is 2.50. The van der Waals surface area contributed by atoms with Crippen LogP contribution in [0.5, 0.6) is 46.0 Å². The lowest BCUT2D eigenvalue weighted by atomic mass is 9.89. The van der Waals surface area contributed by atoms with Gasteiger partial charge in [0.15, 0.2) is 11.5 Å². The molecule has 0 unspecified atom stereocenters. The fourth-order valence-corrected chi connectivity index (χ4v) is 5.09. The molecule has 11 heteroatoms. The minimum atomic E-state index is -1.24. The number of hydrogen-bond donors (Lipinski definition) is 8. The van der Waals surface area contributed by atoms with Crippen LogP contribution in [-0.2, 0) is 6.42 Å². The van der Waals surface area contributed by atoms with Crippen LogP contribution in [0, 0.1) is 0 Å². The van der Waals surface area contributed by atoms with E-state index in [1.54, 1.807) is 0 Å². The number of rotatable bonds is 3. The number of aromatic hydroxyl groups is 7. The molecule has 1 aromatic heterocycles. The molecule has 0 bridgehead atoms. The second kappa shape index (κ2) is 9.28. The minimum absolute atomic E-state index is 0.00394. The fourth-order valence-electron chi connectivity index (χ4n) is 5.09. The maximum atomic E-state index is 13.9. The van der Waals surface area contributed by atoms with E-state index < -0.39 is 40.6 Å². The molecule has 0 aliphatic carbocycles. The number of ether oxygens (including phenoxy) is 1. The number of aliphatic hydroxyl groups excluding tert-OH is 1. The molecule has 0 radical (unpaired) electrons. The highest BCUT2D eigenvalue weighted by atomic mass is 16.5. The summed E-state index contributed by atoms with van der Waals surface area (Å²) in [5.41, 5.74) is -1.05. The third-order valence-electron chi connectivity index (χ3n) is 7.03. The maximum absolute atomic E-state index is 13.9. The number of aliphatic hydroxyl groups is 1. The Hall–Kier alpha value is -5.55. The van der Waals surface area contributed by atoms with Gasteiger partial charge in [0.05, 0.1) is 17.2 Å². The second-order valence-corrected chi connectivity index (χ2v) is 9.67. The van der Waals surface area contributed by atoms with E-state index in [2.05, 4.69) is 0 Å². The summed E-state index contributed by atoms with van der Waals surface area (Å²) in [5.74, 6) is -3.15. The quantitative estimate of drug-likeness (QED) is 0.148. The van der Waals surface area contributed by atoms with Crippen molar-refractivity contribution in [3.8, 4) is 68.4 Å². The zero-order valence-corrected chi connectivity index (χ0v) is 20.9. The molecule has 4 aromatic carbocycles. The SMILES string of the molecule is O=c1c(-c2c(O)cc3c(c2O)C[C@H](O)[C@H](c2ccc(O)c(O)c2)O3)c(-c2ccc(O)cc2)oc2cc(O)cc(O)c12. The molecule has 2 atom stereocenters. The largest absolute Gasteiger partial charge is 0.508 e. The van der Waals surface area contributed by atoms with Gasteiger partial charge < -0.3 is 50.0 Å². The fraction of sp³-hybridized carbons (Fsp3) is 0.100. The van der Waals surface area contributed by atoms with Gasteiger partial charge in [-0.2, -0.15) is 0 Å². The predicted molar refractivity (Wildman–Crippen MR) is 145 cm³/mol. The molecule has 2 heterocycles. The van der Waals surface area contributed by atoms with Crippen molar-refractivity contribution >= 4 is 11.0 Å². The lowest BCUT2D eigenvalue weighted by Gasteiger charge is -2.32. The minimum Gasteiger partial charge on any atom is -0.508 e. The van der Waals surface area contributed by atoms with Gasteiger partial charge >= 0.3 is 0 Å². The van der Waals surface area contributed by atoms with Gasteiger partial charge in [0.1, 0.15) is 57.3 Å². The van der Waals surface area contributed by atoms with Crippen LogP contribution >= 0.6 is 0 Å². The molecule has 1 aliphatic rings. The van der Waals surface area contributed by atoms with Crippen LogP contribution in [0.15, 0.2) is 69.9 Å². The third-order valence-corrected chi connectivity index (χ3v) is 7.03. The summed E-state index contributed by atoms with van der Waals surface area (Å²) in [6, 6.07) is 12.7. The van der Waals surface area contributed by atoms with Crippen molar-refractivity contribution < 1.29 is 50.0 Å². The monoisotopic (exact) mass is 558 g/mol. The van der Waals surface area contributed by atoms with Gasteiger partial charge in [-0.05, 0) is 42.0 Å². The van der Waals surface area contributed by atoms with Crippen molar-refractivity contribution in [3.05, 3.63) is 82.0 Å². The van der Waals surface area contributed by atoms with Gasteiger partial charge in [-0.25, -0.2) is 0 Å². The predicted octanol–water partition coefficient (Wildman–Crippen LogP) is 4.10. The lowest BCUT2D eigenvalue weighted by Crippen LogP contribution is -2.30. The Balaban J connectivity index is 1.58. The van der Waals surface area contributed by atoms with E-state index in [-0.39, 0.29) is 68.4 Å². The van der Waals surface area contributed by atoms with Crippen molar-refractivity contribution in [1.29, 1.82) is 0 Å². The van der Waals surface area contributed by atoms with Crippen molar-refractivity contribution in [3.63, 3.8) is 0 Å². The molecule has 0 saturated carbocycles. The zero-order valence-electron chi connectivity index (χ0n) is 20.9. The first-order valence-corrected chi connectivity index (χ1v) is 12.3. The first-order valence-electron chi connectivity index (χ1n) is 12.3. The molecule has 0 amide bonds. The number of fused-ring (bicyclic) bond motifs is 2. The van der Waals surface area contributed by atoms with E-state index in [1.165, 1.54) is 42.5 Å². The first-order chi connectivity index (χ1) is 19.5. The molecule has 0 fully saturated rings. The maximum Gasteiger partial charge on any atom is 0.205 e. The molecule has 11 nitrogen and oxygen atoms in total. The summed E-state index contributed by atoms with van der Waals surface area (Å²) in [6.45, 7) is 0. The average molecular weight is 558 g/mol. The summed E-state index contributed by atoms with van der Waals surface area (Å²) < 4.78 is 11.8. The smallest absolute Gasteiger partial charge is 0.205 e. The molecule has 6 rings (SSSR count). The van der Waals surface area contributed by atoms with Crippen molar-refractivity contribution in [1.82, 2.24) is 0 Å². The van der Waals surface area contributed by atoms with E-state index in [4.69, 9.17) is 9.15 Å². The van der Waals surface area contributed by atoms with Gasteiger partial charge in [0.2, 0.25) is 5.43 Å². The van der Waals surface area contributed by atoms with Gasteiger partial charge in [0, 0.05) is 35.7 Å². The zero-order chi connectivity index (χ0) is 29.2. The van der Waals surface area contributed by atoms with Gasteiger partial charge in [-0.3, -0.25) is 4.79 Å². The van der Waals surface area contributed by atoms with E-state index in [9.17, 15) is 45.6 Å². The summed E-state index contributed by atoms with van der Waals surface area (Å²) in [5, 5.41) is 82.8. The molecule has 1 aliphatic heterocycles. The Bertz CT molecular complexity index is 1910. The normalized spacial score (nSPS) is 16.3. The van der Waals surface area contributed by atoms with Crippen LogP contribution in [0.4, 0.5) is 0 Å². The Kier molecular flexibility index (Phi) is 5.82. The molecular formula is C30H22O11. The van der Waals surface area contributed by atoms with Crippen LogP contribution < -0.4 is 10.2 Å². The second-order valence-electron chi connectivity index (χ2n) is 9.67. The molecule has 8 N–H and O–H groups in total. The summed E-state index contributed by atoms with van der Waals surface area (Å²) >= 11 is 0. The summed E-state index contributed by atoms with van der Waals surface area (Å²) in [7, 11) is 0. The van der Waals surface area contributed by atoms with E-state index in [1.807, 2.05) is 0 Å². The van der Waals surface area contributed by atoms with Crippen molar-refractivity contribution in [2.75, 3.05) is 0 Å². The Morgan fingerprint density at radius 2 is 1.44 bits per heavy atom. The number of phenolic OH excluding ortho intramolecular Hbond substituents is 7. The van der Waals surface area contributed by atoms with Crippen molar-refractivity contribution in [2.45, 2.75) is 18.6 Å². The summed E-state index contributed by atoms with van der Waals surface area (Å²) in [4.78, 5) is 13.9. The average Bonchev–Trinajstić information content (AvgIpc) is 2.91. The number of phenols is 7. The number of hydrogen-bond acceptors (Lipinski definition) is 11. The molecule has 41 heavy (non-hydrogen) atoms. The molecule has 0 saturated heterocycles. The van der Waals surface area contributed by atoms with Gasteiger partial charge in [-0.1, -0.05) is 6.07 Å². The Morgan fingerprint density at radius 3 is 2.15 bits per heavy atom. The Labute approximate surface area is 230 Å². The van der Waals surface area contributed by atoms with Crippen LogP contribution in [-0.4, -0.2) is 47.0 Å². The highest BCUT2D eigenvalue weighted by molar-refractivity contribution is 5.96. The van der Waals surface area contributed by atoms with E-state index in [0.29, 0.717) is 5.56 Å². The Morgan fingerprint density at radius 1 is 0.707 bits per heavy atom. The van der Waals surface area contributed by atoms with Crippen LogP contribution in [0.1, 0.15) is 17.2 Å². The van der Waals surface area contributed by atoms with Crippen LogP contribution in [0.3, 0.4) is 0 Å². The lowest BCUT2D eigenvalue weighted by molar-refractivity contribution is 0.0197. The molecule has 0 spiro atoms. The third kappa shape index (κ3) is 4.15. The number of benzene rings is 4. The van der Waals surface area contributed by atoms with Crippen LogP contribution in [0.2, 0.25) is 0 Å². The van der Waals surface area contributed by atoms with Crippen molar-refractivity contribution in [2.24, 2.45) is 0 Å². The van der Waals surface area contributed by atoms with Gasteiger partial charge in [0.25, 0.3) is 0 Å². The van der Waals surface area contributed by atoms with E-state index >= 15 is 0 Å². The van der Waals surface area contributed by atoms with Gasteiger partial charge in [-0.15, -0.1) is 0 Å². The summed E-state index contributed by atoms with van der Waals surface area (Å²) in [6.07, 6.45) is -2.46. The molecule has 5 aromatic rings.